The highest BCUT2D eigenvalue weighted by Crippen LogP contribution is 2.47. The molecule has 1 aliphatic carbocycles. The first-order valence-corrected chi connectivity index (χ1v) is 8.33. The van der Waals surface area contributed by atoms with Crippen molar-refractivity contribution in [3.8, 4) is 33.5 Å². The highest BCUT2D eigenvalue weighted by molar-refractivity contribution is 6.14. The van der Waals surface area contributed by atoms with Crippen LogP contribution >= 0.6 is 0 Å². The van der Waals surface area contributed by atoms with Gasteiger partial charge >= 0.3 is 0 Å². The maximum Gasteiger partial charge on any atom is 0.0722 e. The summed E-state index contributed by atoms with van der Waals surface area (Å²) in [7, 11) is 0. The van der Waals surface area contributed by atoms with Crippen LogP contribution in [0.3, 0.4) is 0 Å². The van der Waals surface area contributed by atoms with E-state index in [9.17, 15) is 0 Å². The molecule has 1 aliphatic rings. The maximum absolute atomic E-state index is 4.97. The van der Waals surface area contributed by atoms with E-state index in [2.05, 4.69) is 80.6 Å². The Morgan fingerprint density at radius 2 is 1.29 bits per heavy atom. The summed E-state index contributed by atoms with van der Waals surface area (Å²) in [6, 6.07) is 24.0. The molecule has 24 heavy (non-hydrogen) atoms. The van der Waals surface area contributed by atoms with Gasteiger partial charge in [-0.2, -0.15) is 0 Å². The van der Waals surface area contributed by atoms with E-state index < -0.39 is 0 Å². The van der Waals surface area contributed by atoms with Crippen LogP contribution in [0.25, 0.3) is 44.4 Å². The second-order valence-electron chi connectivity index (χ2n) is 6.68. The van der Waals surface area contributed by atoms with Crippen LogP contribution in [0.1, 0.15) is 11.1 Å². The molecule has 114 valence electrons. The van der Waals surface area contributed by atoms with Gasteiger partial charge < -0.3 is 0 Å². The molecule has 0 radical (unpaired) electrons. The number of fused-ring (bicyclic) bond motifs is 3. The SMILES string of the molecule is Cc1cc(C)cc(-c2cc3c4c(cccc4n2)-c2ccccc2-3)c1. The zero-order valence-electron chi connectivity index (χ0n) is 13.8. The lowest BCUT2D eigenvalue weighted by molar-refractivity contribution is 1.34. The minimum atomic E-state index is 1.05. The summed E-state index contributed by atoms with van der Waals surface area (Å²) < 4.78 is 0. The van der Waals surface area contributed by atoms with Crippen LogP contribution in [-0.4, -0.2) is 4.98 Å². The van der Waals surface area contributed by atoms with E-state index in [0.717, 1.165) is 11.2 Å². The van der Waals surface area contributed by atoms with Crippen molar-refractivity contribution in [1.82, 2.24) is 4.98 Å². The average molecular weight is 307 g/mol. The summed E-state index contributed by atoms with van der Waals surface area (Å²) in [5.74, 6) is 0. The zero-order valence-corrected chi connectivity index (χ0v) is 13.8. The summed E-state index contributed by atoms with van der Waals surface area (Å²) in [5.41, 5.74) is 11.1. The Balaban J connectivity index is 1.86. The van der Waals surface area contributed by atoms with Crippen LogP contribution in [0.5, 0.6) is 0 Å². The van der Waals surface area contributed by atoms with Gasteiger partial charge in [0.2, 0.25) is 0 Å². The fourth-order valence-electron chi connectivity index (χ4n) is 3.95. The Morgan fingerprint density at radius 3 is 2.04 bits per heavy atom. The highest BCUT2D eigenvalue weighted by atomic mass is 14.7. The minimum Gasteiger partial charge on any atom is -0.248 e. The molecule has 4 aromatic rings. The Bertz CT molecular complexity index is 1100. The second kappa shape index (κ2) is 4.78. The Kier molecular flexibility index (Phi) is 2.69. The topological polar surface area (TPSA) is 12.9 Å². The lowest BCUT2D eigenvalue weighted by Crippen LogP contribution is -1.89. The monoisotopic (exact) mass is 307 g/mol. The number of pyridine rings is 1. The molecule has 0 bridgehead atoms. The number of aromatic nitrogens is 1. The van der Waals surface area contributed by atoms with E-state index in [1.807, 2.05) is 0 Å². The van der Waals surface area contributed by atoms with Crippen molar-refractivity contribution in [1.29, 1.82) is 0 Å². The van der Waals surface area contributed by atoms with Crippen molar-refractivity contribution < 1.29 is 0 Å². The van der Waals surface area contributed by atoms with Gasteiger partial charge in [-0.15, -0.1) is 0 Å². The van der Waals surface area contributed by atoms with Crippen LogP contribution in [0, 0.1) is 13.8 Å². The third-order valence-corrected chi connectivity index (χ3v) is 4.86. The largest absolute Gasteiger partial charge is 0.248 e. The van der Waals surface area contributed by atoms with Gasteiger partial charge in [0.15, 0.2) is 0 Å². The van der Waals surface area contributed by atoms with Gasteiger partial charge in [0, 0.05) is 10.9 Å². The van der Waals surface area contributed by atoms with Crippen molar-refractivity contribution in [3.63, 3.8) is 0 Å². The van der Waals surface area contributed by atoms with Crippen molar-refractivity contribution in [3.05, 3.63) is 77.9 Å². The molecule has 0 fully saturated rings. The van der Waals surface area contributed by atoms with E-state index in [4.69, 9.17) is 4.98 Å². The van der Waals surface area contributed by atoms with Gasteiger partial charge in [-0.3, -0.25) is 0 Å². The molecular formula is C23H17N. The third kappa shape index (κ3) is 1.85. The first-order chi connectivity index (χ1) is 11.7. The predicted octanol–water partition coefficient (Wildman–Crippen LogP) is 6.17. The lowest BCUT2D eigenvalue weighted by atomic mass is 10.0. The third-order valence-electron chi connectivity index (χ3n) is 4.86. The molecule has 0 spiro atoms. The van der Waals surface area contributed by atoms with Gasteiger partial charge in [0.25, 0.3) is 0 Å². The molecule has 0 aliphatic heterocycles. The summed E-state index contributed by atoms with van der Waals surface area (Å²) in [6.07, 6.45) is 0. The quantitative estimate of drug-likeness (QED) is 0.361. The lowest BCUT2D eigenvalue weighted by Gasteiger charge is -2.09. The minimum absolute atomic E-state index is 1.05. The molecule has 0 saturated heterocycles. The number of nitrogens with zero attached hydrogens (tertiary/aromatic N) is 1. The van der Waals surface area contributed by atoms with Gasteiger partial charge in [0.1, 0.15) is 0 Å². The standard InChI is InChI=1S/C23H17N/c1-14-10-15(2)12-16(11-14)22-13-20-18-7-4-3-6-17(18)19-8-5-9-21(24-22)23(19)20/h3-13H,1-2H3. The summed E-state index contributed by atoms with van der Waals surface area (Å²) in [5, 5.41) is 1.28. The number of aryl methyl sites for hydroxylation is 2. The molecule has 3 aromatic carbocycles. The molecule has 0 N–H and O–H groups in total. The van der Waals surface area contributed by atoms with Crippen LogP contribution < -0.4 is 0 Å². The van der Waals surface area contributed by atoms with Gasteiger partial charge in [0.05, 0.1) is 11.2 Å². The predicted molar refractivity (Wildman–Crippen MR) is 101 cm³/mol. The molecule has 1 aromatic heterocycles. The molecule has 0 atom stereocenters. The van der Waals surface area contributed by atoms with Crippen molar-refractivity contribution in [2.75, 3.05) is 0 Å². The number of hydrogen-bond donors (Lipinski definition) is 0. The average Bonchev–Trinajstić information content (AvgIpc) is 2.90. The summed E-state index contributed by atoms with van der Waals surface area (Å²) >= 11 is 0. The highest BCUT2D eigenvalue weighted by Gasteiger charge is 2.22. The van der Waals surface area contributed by atoms with E-state index in [-0.39, 0.29) is 0 Å². The first-order valence-electron chi connectivity index (χ1n) is 8.33. The molecule has 1 nitrogen and oxygen atoms in total. The van der Waals surface area contributed by atoms with Crippen LogP contribution in [0.4, 0.5) is 0 Å². The molecule has 0 unspecified atom stereocenters. The Hall–Kier alpha value is -2.93. The van der Waals surface area contributed by atoms with Crippen LogP contribution in [-0.2, 0) is 0 Å². The number of hydrogen-bond acceptors (Lipinski definition) is 1. The normalized spacial score (nSPS) is 11.8. The van der Waals surface area contributed by atoms with E-state index >= 15 is 0 Å². The molecule has 5 rings (SSSR count). The Labute approximate surface area is 141 Å². The van der Waals surface area contributed by atoms with Crippen LogP contribution in [0.15, 0.2) is 66.7 Å². The fourth-order valence-corrected chi connectivity index (χ4v) is 3.95. The second-order valence-corrected chi connectivity index (χ2v) is 6.68. The molecular weight excluding hydrogens is 290 g/mol. The summed E-state index contributed by atoms with van der Waals surface area (Å²) in [6.45, 7) is 4.29. The zero-order chi connectivity index (χ0) is 16.3. The van der Waals surface area contributed by atoms with Crippen molar-refractivity contribution >= 4 is 10.9 Å². The smallest absolute Gasteiger partial charge is 0.0722 e. The number of rotatable bonds is 1. The van der Waals surface area contributed by atoms with Crippen LogP contribution in [0.2, 0.25) is 0 Å². The van der Waals surface area contributed by atoms with Crippen molar-refractivity contribution in [2.45, 2.75) is 13.8 Å². The van der Waals surface area contributed by atoms with Gasteiger partial charge in [-0.1, -0.05) is 53.6 Å². The molecule has 1 heteroatoms. The van der Waals surface area contributed by atoms with E-state index in [0.29, 0.717) is 0 Å². The molecule has 1 heterocycles. The fraction of sp³-hybridized carbons (Fsp3) is 0.0870. The van der Waals surface area contributed by atoms with Gasteiger partial charge in [-0.05, 0) is 60.4 Å². The number of benzene rings is 3. The maximum atomic E-state index is 4.97. The summed E-state index contributed by atoms with van der Waals surface area (Å²) in [4.78, 5) is 4.97. The molecule has 0 saturated carbocycles. The van der Waals surface area contributed by atoms with Gasteiger partial charge in [-0.25, -0.2) is 4.98 Å². The molecule has 0 amide bonds. The van der Waals surface area contributed by atoms with E-state index in [1.165, 1.54) is 44.3 Å². The Morgan fingerprint density at radius 1 is 0.625 bits per heavy atom. The van der Waals surface area contributed by atoms with E-state index in [1.54, 1.807) is 0 Å². The van der Waals surface area contributed by atoms with Crippen molar-refractivity contribution in [2.24, 2.45) is 0 Å². The first kappa shape index (κ1) is 13.5.